The minimum absolute atomic E-state index is 0.102. The standard InChI is InChI=1S/C25H38N8O5S/c1-13(2)20(23(36)32-19(12-39)24(37)38)33-22(35)18(8-5-9-29-25(27)28)31-21(34)16(26)10-14-11-30-17-7-4-3-6-15(14)17/h3-4,6-7,11,13,16,18-20,30,39H,5,8-10,12,26H2,1-2H3,(H,31,34)(H,32,36)(H,33,35)(H,37,38)(H4,27,28,29). The van der Waals surface area contributed by atoms with Crippen LogP contribution in [0.2, 0.25) is 0 Å². The highest BCUT2D eigenvalue weighted by atomic mass is 32.1. The van der Waals surface area contributed by atoms with Crippen LogP contribution in [-0.4, -0.2) is 76.2 Å². The Morgan fingerprint density at radius 3 is 2.31 bits per heavy atom. The summed E-state index contributed by atoms with van der Waals surface area (Å²) in [5, 5.41) is 17.9. The topological polar surface area (TPSA) is 231 Å². The van der Waals surface area contributed by atoms with Crippen LogP contribution in [0.1, 0.15) is 32.3 Å². The fourth-order valence-corrected chi connectivity index (χ4v) is 4.16. The molecule has 1 aromatic heterocycles. The Kier molecular flexibility index (Phi) is 12.1. The van der Waals surface area contributed by atoms with Crippen LogP contribution in [0.15, 0.2) is 35.5 Å². The SMILES string of the molecule is CC(C)C(NC(=O)C(CCCN=C(N)N)NC(=O)C(N)Cc1c[nH]c2ccccc12)C(=O)NC(CS)C(=O)O. The van der Waals surface area contributed by atoms with Gasteiger partial charge in [-0.05, 0) is 36.8 Å². The van der Waals surface area contributed by atoms with E-state index >= 15 is 0 Å². The van der Waals surface area contributed by atoms with Crippen molar-refractivity contribution in [1.82, 2.24) is 20.9 Å². The lowest BCUT2D eigenvalue weighted by atomic mass is 10.0. The second-order valence-electron chi connectivity index (χ2n) is 9.49. The van der Waals surface area contributed by atoms with E-state index in [1.165, 1.54) is 0 Å². The molecule has 0 saturated heterocycles. The Bertz CT molecular complexity index is 1180. The number of hydrogen-bond donors (Lipinski definition) is 9. The summed E-state index contributed by atoms with van der Waals surface area (Å²) in [4.78, 5) is 57.4. The lowest BCUT2D eigenvalue weighted by molar-refractivity contribution is -0.142. The van der Waals surface area contributed by atoms with Crippen molar-refractivity contribution in [2.75, 3.05) is 12.3 Å². The number of H-pyrrole nitrogens is 1. The number of carbonyl (C=O) groups is 4. The van der Waals surface area contributed by atoms with Gasteiger partial charge in [-0.3, -0.25) is 19.4 Å². The number of carboxylic acids is 1. The molecule has 4 unspecified atom stereocenters. The summed E-state index contributed by atoms with van der Waals surface area (Å²) in [7, 11) is 0. The average Bonchev–Trinajstić information content (AvgIpc) is 3.29. The van der Waals surface area contributed by atoms with Gasteiger partial charge in [0.15, 0.2) is 5.96 Å². The molecule has 0 radical (unpaired) electrons. The first-order chi connectivity index (χ1) is 18.4. The number of nitrogens with two attached hydrogens (primary N) is 3. The minimum Gasteiger partial charge on any atom is -0.480 e. The van der Waals surface area contributed by atoms with Gasteiger partial charge in [0.1, 0.15) is 18.1 Å². The van der Waals surface area contributed by atoms with Crippen LogP contribution < -0.4 is 33.2 Å². The number of carboxylic acid groups (broad SMARTS) is 1. The Hall–Kier alpha value is -3.78. The number of guanidine groups is 1. The number of rotatable bonds is 15. The zero-order valence-electron chi connectivity index (χ0n) is 22.0. The molecule has 0 bridgehead atoms. The van der Waals surface area contributed by atoms with E-state index in [0.29, 0.717) is 6.42 Å². The quantitative estimate of drug-likeness (QED) is 0.0577. The van der Waals surface area contributed by atoms with Crippen LogP contribution in [0.3, 0.4) is 0 Å². The Balaban J connectivity index is 2.14. The monoisotopic (exact) mass is 562 g/mol. The maximum absolute atomic E-state index is 13.3. The lowest BCUT2D eigenvalue weighted by Gasteiger charge is -2.27. The van der Waals surface area contributed by atoms with E-state index in [0.717, 1.165) is 16.5 Å². The summed E-state index contributed by atoms with van der Waals surface area (Å²) < 4.78 is 0. The first kappa shape index (κ1) is 31.4. The predicted molar refractivity (Wildman–Crippen MR) is 152 cm³/mol. The van der Waals surface area contributed by atoms with E-state index < -0.39 is 47.9 Å². The van der Waals surface area contributed by atoms with Crippen LogP contribution in [0, 0.1) is 5.92 Å². The minimum atomic E-state index is -1.25. The fourth-order valence-electron chi connectivity index (χ4n) is 3.92. The summed E-state index contributed by atoms with van der Waals surface area (Å²) in [6, 6.07) is 3.34. The van der Waals surface area contributed by atoms with Crippen molar-refractivity contribution in [3.05, 3.63) is 36.0 Å². The highest BCUT2D eigenvalue weighted by Gasteiger charge is 2.31. The van der Waals surface area contributed by atoms with E-state index in [1.807, 2.05) is 24.3 Å². The predicted octanol–water partition coefficient (Wildman–Crippen LogP) is -0.784. The number of amides is 3. The van der Waals surface area contributed by atoms with E-state index in [9.17, 15) is 24.3 Å². The van der Waals surface area contributed by atoms with E-state index in [2.05, 4.69) is 38.6 Å². The molecule has 2 rings (SSSR count). The highest BCUT2D eigenvalue weighted by molar-refractivity contribution is 7.80. The van der Waals surface area contributed by atoms with Gasteiger partial charge in [0, 0.05) is 29.4 Å². The molecular formula is C25H38N8O5S. The Labute approximate surface area is 232 Å². The summed E-state index contributed by atoms with van der Waals surface area (Å²) in [6.07, 6.45) is 2.54. The van der Waals surface area contributed by atoms with Crippen LogP contribution in [-0.2, 0) is 25.6 Å². The van der Waals surface area contributed by atoms with Crippen molar-refractivity contribution in [2.45, 2.75) is 57.3 Å². The molecule has 14 heteroatoms. The maximum atomic E-state index is 13.3. The number of carbonyl (C=O) groups excluding carboxylic acids is 3. The van der Waals surface area contributed by atoms with Crippen molar-refractivity contribution in [3.8, 4) is 0 Å². The van der Waals surface area contributed by atoms with Gasteiger partial charge >= 0.3 is 5.97 Å². The van der Waals surface area contributed by atoms with Gasteiger partial charge in [0.25, 0.3) is 0 Å². The van der Waals surface area contributed by atoms with Gasteiger partial charge in [-0.2, -0.15) is 12.6 Å². The van der Waals surface area contributed by atoms with Crippen LogP contribution >= 0.6 is 12.6 Å². The molecule has 0 saturated carbocycles. The first-order valence-corrected chi connectivity index (χ1v) is 13.2. The van der Waals surface area contributed by atoms with Gasteiger partial charge in [-0.25, -0.2) is 4.79 Å². The number of hydrogen-bond acceptors (Lipinski definition) is 7. The van der Waals surface area contributed by atoms with Gasteiger partial charge in [-0.15, -0.1) is 0 Å². The second-order valence-corrected chi connectivity index (χ2v) is 9.86. The molecule has 2 aromatic rings. The van der Waals surface area contributed by atoms with Gasteiger partial charge in [-0.1, -0.05) is 32.0 Å². The third kappa shape index (κ3) is 9.48. The average molecular weight is 563 g/mol. The number of benzene rings is 1. The molecule has 1 aromatic carbocycles. The number of thiol groups is 1. The number of nitrogens with one attached hydrogen (secondary N) is 4. The van der Waals surface area contributed by atoms with Gasteiger partial charge < -0.3 is 43.2 Å². The van der Waals surface area contributed by atoms with Crippen molar-refractivity contribution in [1.29, 1.82) is 0 Å². The molecule has 11 N–H and O–H groups in total. The highest BCUT2D eigenvalue weighted by Crippen LogP contribution is 2.19. The van der Waals surface area contributed by atoms with E-state index in [1.54, 1.807) is 20.0 Å². The van der Waals surface area contributed by atoms with Crippen molar-refractivity contribution in [2.24, 2.45) is 28.1 Å². The smallest absolute Gasteiger partial charge is 0.327 e. The largest absolute Gasteiger partial charge is 0.480 e. The third-order valence-corrected chi connectivity index (χ3v) is 6.44. The first-order valence-electron chi connectivity index (χ1n) is 12.5. The van der Waals surface area contributed by atoms with Crippen molar-refractivity contribution >= 4 is 53.2 Å². The van der Waals surface area contributed by atoms with Crippen molar-refractivity contribution in [3.63, 3.8) is 0 Å². The molecule has 3 amide bonds. The summed E-state index contributed by atoms with van der Waals surface area (Å²) in [5.74, 6) is -3.71. The molecule has 4 atom stereocenters. The van der Waals surface area contributed by atoms with Gasteiger partial charge in [0.05, 0.1) is 6.04 Å². The number of aliphatic carboxylic acids is 1. The molecule has 1 heterocycles. The summed E-state index contributed by atoms with van der Waals surface area (Å²) >= 11 is 3.95. The summed E-state index contributed by atoms with van der Waals surface area (Å²) in [5.41, 5.74) is 18.7. The van der Waals surface area contributed by atoms with E-state index in [-0.39, 0.29) is 37.0 Å². The fraction of sp³-hybridized carbons (Fsp3) is 0.480. The van der Waals surface area contributed by atoms with Crippen molar-refractivity contribution < 1.29 is 24.3 Å². The number of nitrogens with zero attached hydrogens (tertiary/aromatic N) is 1. The normalized spacial score (nSPS) is 14.2. The lowest BCUT2D eigenvalue weighted by Crippen LogP contribution is -2.58. The van der Waals surface area contributed by atoms with E-state index in [4.69, 9.17) is 17.2 Å². The van der Waals surface area contributed by atoms with Crippen LogP contribution in [0.4, 0.5) is 0 Å². The molecule has 13 nitrogen and oxygen atoms in total. The van der Waals surface area contributed by atoms with Gasteiger partial charge in [0.2, 0.25) is 17.7 Å². The maximum Gasteiger partial charge on any atom is 0.327 e. The number of aliphatic imine (C=N–C) groups is 1. The number of aromatic amines is 1. The second kappa shape index (κ2) is 15.0. The molecule has 0 aliphatic carbocycles. The third-order valence-electron chi connectivity index (χ3n) is 6.07. The molecule has 0 aliphatic rings. The zero-order valence-corrected chi connectivity index (χ0v) is 22.9. The molecule has 214 valence electrons. The van der Waals surface area contributed by atoms with Crippen LogP contribution in [0.25, 0.3) is 10.9 Å². The number of aromatic nitrogens is 1. The molecular weight excluding hydrogens is 524 g/mol. The van der Waals surface area contributed by atoms with Crippen LogP contribution in [0.5, 0.6) is 0 Å². The molecule has 0 spiro atoms. The molecule has 39 heavy (non-hydrogen) atoms. The Morgan fingerprint density at radius 2 is 1.69 bits per heavy atom. The zero-order chi connectivity index (χ0) is 29.1. The summed E-state index contributed by atoms with van der Waals surface area (Å²) in [6.45, 7) is 3.62. The molecule has 0 aliphatic heterocycles. The Morgan fingerprint density at radius 1 is 1.03 bits per heavy atom. The molecule has 0 fully saturated rings. The number of para-hydroxylation sites is 1. The number of fused-ring (bicyclic) bond motifs is 1.